The number of halogens is 1. The molecule has 1 saturated heterocycles. The summed E-state index contributed by atoms with van der Waals surface area (Å²) >= 11 is 0. The van der Waals surface area contributed by atoms with E-state index in [0.717, 1.165) is 31.9 Å². The number of nitrogens with one attached hydrogen (secondary N) is 2. The van der Waals surface area contributed by atoms with Gasteiger partial charge in [0.15, 0.2) is 11.5 Å². The summed E-state index contributed by atoms with van der Waals surface area (Å²) in [6.07, 6.45) is 6.02. The minimum atomic E-state index is -0.601. The molecule has 3 fully saturated rings. The van der Waals surface area contributed by atoms with Crippen LogP contribution in [0.3, 0.4) is 0 Å². The van der Waals surface area contributed by atoms with Gasteiger partial charge in [-0.1, -0.05) is 0 Å². The van der Waals surface area contributed by atoms with E-state index in [4.69, 9.17) is 4.74 Å². The number of aliphatic hydroxyl groups is 1. The van der Waals surface area contributed by atoms with Crippen LogP contribution in [0, 0.1) is 11.7 Å². The van der Waals surface area contributed by atoms with Gasteiger partial charge in [-0.15, -0.1) is 0 Å². The molecule has 1 aliphatic heterocycles. The van der Waals surface area contributed by atoms with E-state index in [2.05, 4.69) is 20.5 Å². The number of pyridine rings is 1. The number of H-pyrrole nitrogens is 1. The maximum Gasteiger partial charge on any atom is 0.274 e. The second kappa shape index (κ2) is 8.09. The first-order chi connectivity index (χ1) is 15.8. The Bertz CT molecular complexity index is 1070. The number of carbonyl (C=O) groups excluding carboxylic acids is 2. The van der Waals surface area contributed by atoms with E-state index in [9.17, 15) is 19.1 Å². The van der Waals surface area contributed by atoms with Crippen LogP contribution in [-0.2, 0) is 4.79 Å². The monoisotopic (exact) mass is 457 g/mol. The van der Waals surface area contributed by atoms with Crippen LogP contribution in [0.1, 0.15) is 55.4 Å². The molecular weight excluding hydrogens is 429 g/mol. The Morgan fingerprint density at radius 1 is 1.24 bits per heavy atom. The highest BCUT2D eigenvalue weighted by Gasteiger charge is 2.54. The fourth-order valence-electron chi connectivity index (χ4n) is 5.52. The standard InChI is InChI=1S/C23H28FN5O4/c1-33-19-10-15(16(24)12-25-19)17-11-18(28-27-17)21(31)29-8-2-14(3-9-29)20(30)26-22-4-6-23(32,13-22)7-5-22/h10-12,14,32H,2-9,13H2,1H3,(H,26,30)(H,27,28). The number of piperidine rings is 1. The second-order valence-corrected chi connectivity index (χ2v) is 9.61. The molecule has 0 unspecified atom stereocenters. The zero-order chi connectivity index (χ0) is 23.2. The van der Waals surface area contributed by atoms with Crippen molar-refractivity contribution >= 4 is 11.8 Å². The molecule has 3 heterocycles. The summed E-state index contributed by atoms with van der Waals surface area (Å²) in [5.41, 5.74) is -0.0875. The average Bonchev–Trinajstić information content (AvgIpc) is 3.52. The van der Waals surface area contributed by atoms with Gasteiger partial charge in [0.2, 0.25) is 11.8 Å². The van der Waals surface area contributed by atoms with Crippen LogP contribution in [-0.4, -0.2) is 68.3 Å². The van der Waals surface area contributed by atoms with Crippen LogP contribution in [0.25, 0.3) is 11.3 Å². The third-order valence-electron chi connectivity index (χ3n) is 7.47. The van der Waals surface area contributed by atoms with E-state index in [1.54, 1.807) is 4.90 Å². The lowest BCUT2D eigenvalue weighted by Crippen LogP contribution is -2.50. The van der Waals surface area contributed by atoms with Crippen molar-refractivity contribution in [2.45, 2.75) is 56.1 Å². The predicted molar refractivity (Wildman–Crippen MR) is 116 cm³/mol. The van der Waals surface area contributed by atoms with Crippen molar-refractivity contribution in [3.63, 3.8) is 0 Å². The van der Waals surface area contributed by atoms with Gasteiger partial charge in [0.05, 0.1) is 24.6 Å². The van der Waals surface area contributed by atoms with Gasteiger partial charge < -0.3 is 20.1 Å². The highest BCUT2D eigenvalue weighted by atomic mass is 19.1. The van der Waals surface area contributed by atoms with Gasteiger partial charge in [-0.05, 0) is 51.0 Å². The molecule has 3 aliphatic rings. The Labute approximate surface area is 190 Å². The number of ether oxygens (including phenoxy) is 1. The van der Waals surface area contributed by atoms with Gasteiger partial charge in [0.1, 0.15) is 0 Å². The molecule has 0 aromatic carbocycles. The summed E-state index contributed by atoms with van der Waals surface area (Å²) < 4.78 is 19.2. The summed E-state index contributed by atoms with van der Waals surface area (Å²) in [5, 5.41) is 20.4. The topological polar surface area (TPSA) is 120 Å². The first-order valence-electron chi connectivity index (χ1n) is 11.4. The fourth-order valence-corrected chi connectivity index (χ4v) is 5.52. The van der Waals surface area contributed by atoms with E-state index >= 15 is 0 Å². The Morgan fingerprint density at radius 2 is 1.97 bits per heavy atom. The number of carbonyl (C=O) groups is 2. The van der Waals surface area contributed by atoms with E-state index in [0.29, 0.717) is 38.0 Å². The number of fused-ring (bicyclic) bond motifs is 2. The van der Waals surface area contributed by atoms with Gasteiger partial charge >= 0.3 is 0 Å². The van der Waals surface area contributed by atoms with Crippen molar-refractivity contribution in [3.8, 4) is 17.1 Å². The zero-order valence-electron chi connectivity index (χ0n) is 18.6. The van der Waals surface area contributed by atoms with Crippen molar-refractivity contribution in [2.75, 3.05) is 20.2 Å². The zero-order valence-corrected chi connectivity index (χ0v) is 18.6. The number of methoxy groups -OCH3 is 1. The molecule has 0 spiro atoms. The normalized spacial score (nSPS) is 27.1. The quantitative estimate of drug-likeness (QED) is 0.632. The first-order valence-corrected chi connectivity index (χ1v) is 11.4. The molecule has 33 heavy (non-hydrogen) atoms. The van der Waals surface area contributed by atoms with E-state index < -0.39 is 11.4 Å². The number of nitrogens with zero attached hydrogens (tertiary/aromatic N) is 3. The van der Waals surface area contributed by atoms with Crippen LogP contribution in [0.5, 0.6) is 5.88 Å². The molecule has 2 saturated carbocycles. The van der Waals surface area contributed by atoms with Crippen LogP contribution >= 0.6 is 0 Å². The summed E-state index contributed by atoms with van der Waals surface area (Å²) in [4.78, 5) is 31.3. The van der Waals surface area contributed by atoms with Crippen LogP contribution < -0.4 is 10.1 Å². The molecule has 0 atom stereocenters. The molecule has 2 bridgehead atoms. The lowest BCUT2D eigenvalue weighted by atomic mass is 9.90. The largest absolute Gasteiger partial charge is 0.481 e. The average molecular weight is 458 g/mol. The lowest BCUT2D eigenvalue weighted by molar-refractivity contribution is -0.128. The summed E-state index contributed by atoms with van der Waals surface area (Å²) in [6.45, 7) is 0.904. The van der Waals surface area contributed by atoms with Crippen molar-refractivity contribution in [3.05, 3.63) is 29.8 Å². The Morgan fingerprint density at radius 3 is 2.61 bits per heavy atom. The van der Waals surface area contributed by atoms with Crippen LogP contribution in [0.4, 0.5) is 4.39 Å². The maximum absolute atomic E-state index is 14.2. The molecule has 5 rings (SSSR count). The predicted octanol–water partition coefficient (Wildman–Crippen LogP) is 2.04. The number of likely N-dealkylation sites (tertiary alicyclic amines) is 1. The van der Waals surface area contributed by atoms with Crippen molar-refractivity contribution in [1.29, 1.82) is 0 Å². The van der Waals surface area contributed by atoms with Crippen molar-refractivity contribution in [2.24, 2.45) is 5.92 Å². The number of hydrogen-bond donors (Lipinski definition) is 3. The number of rotatable bonds is 5. The smallest absolute Gasteiger partial charge is 0.274 e. The molecule has 176 valence electrons. The van der Waals surface area contributed by atoms with E-state index in [1.807, 2.05) is 0 Å². The molecular formula is C23H28FN5O4. The van der Waals surface area contributed by atoms with Gasteiger partial charge in [-0.25, -0.2) is 9.37 Å². The Hall–Kier alpha value is -3.01. The second-order valence-electron chi connectivity index (χ2n) is 9.61. The number of amides is 2. The number of aromatic nitrogens is 3. The molecule has 2 aromatic rings. The van der Waals surface area contributed by atoms with Gasteiger partial charge in [0.25, 0.3) is 5.91 Å². The van der Waals surface area contributed by atoms with Gasteiger partial charge in [-0.2, -0.15) is 5.10 Å². The van der Waals surface area contributed by atoms with Crippen LogP contribution in [0.2, 0.25) is 0 Å². The Balaban J connectivity index is 1.19. The highest BCUT2D eigenvalue weighted by Crippen LogP contribution is 2.50. The fraction of sp³-hybridized carbons (Fsp3) is 0.565. The lowest BCUT2D eigenvalue weighted by Gasteiger charge is -2.34. The number of hydrogen-bond acceptors (Lipinski definition) is 6. The minimum absolute atomic E-state index is 0.0254. The van der Waals surface area contributed by atoms with Crippen LogP contribution in [0.15, 0.2) is 18.3 Å². The molecule has 10 heteroatoms. The third-order valence-corrected chi connectivity index (χ3v) is 7.47. The molecule has 0 radical (unpaired) electrons. The highest BCUT2D eigenvalue weighted by molar-refractivity contribution is 5.93. The van der Waals surface area contributed by atoms with Gasteiger partial charge in [0, 0.05) is 36.2 Å². The molecule has 2 aromatic heterocycles. The summed E-state index contributed by atoms with van der Waals surface area (Å²) in [7, 11) is 1.44. The molecule has 2 aliphatic carbocycles. The van der Waals surface area contributed by atoms with Crippen molar-refractivity contribution in [1.82, 2.24) is 25.4 Å². The molecule has 3 N–H and O–H groups in total. The van der Waals surface area contributed by atoms with E-state index in [1.165, 1.54) is 19.2 Å². The van der Waals surface area contributed by atoms with Crippen molar-refractivity contribution < 1.29 is 23.8 Å². The maximum atomic E-state index is 14.2. The SMILES string of the molecule is COc1cc(-c2cc(C(=O)N3CCC(C(=O)NC45CCC(O)(CC4)C5)CC3)n[nH]2)c(F)cn1. The van der Waals surface area contributed by atoms with Gasteiger partial charge in [-0.3, -0.25) is 14.7 Å². The third kappa shape index (κ3) is 4.07. The molecule has 9 nitrogen and oxygen atoms in total. The minimum Gasteiger partial charge on any atom is -0.481 e. The molecule has 2 amide bonds. The number of aromatic amines is 1. The Kier molecular flexibility index (Phi) is 5.35. The summed E-state index contributed by atoms with van der Waals surface area (Å²) in [5.74, 6) is -0.669. The van der Waals surface area contributed by atoms with E-state index in [-0.39, 0.29) is 40.4 Å². The first kappa shape index (κ1) is 21.8. The summed E-state index contributed by atoms with van der Waals surface area (Å²) in [6, 6.07) is 2.95.